The Morgan fingerprint density at radius 3 is 1.69 bits per heavy atom. The molecule has 0 aliphatic carbocycles. The summed E-state index contributed by atoms with van der Waals surface area (Å²) in [5, 5.41) is 0.720. The Bertz CT molecular complexity index is 1540. The number of benzene rings is 1. The van der Waals surface area contributed by atoms with Gasteiger partial charge in [0.2, 0.25) is 0 Å². The first kappa shape index (κ1) is 20.5. The summed E-state index contributed by atoms with van der Waals surface area (Å²) >= 11 is 6.10. The number of halogens is 1. The van der Waals surface area contributed by atoms with E-state index in [1.54, 1.807) is 0 Å². The zero-order valence-corrected chi connectivity index (χ0v) is 17.2. The molecular formula is C26H20AlClN4. The van der Waals surface area contributed by atoms with E-state index in [2.05, 4.69) is 28.2 Å². The highest BCUT2D eigenvalue weighted by Crippen LogP contribution is 2.28. The van der Waals surface area contributed by atoms with Gasteiger partial charge in [0.25, 0.3) is 0 Å². The number of nitrogens with zero attached hydrogens (tertiary/aromatic N) is 2. The van der Waals surface area contributed by atoms with Crippen molar-refractivity contribution < 1.29 is 0 Å². The van der Waals surface area contributed by atoms with Gasteiger partial charge in [-0.3, -0.25) is 0 Å². The summed E-state index contributed by atoms with van der Waals surface area (Å²) in [6.45, 7) is 0. The van der Waals surface area contributed by atoms with Gasteiger partial charge in [-0.05, 0) is 84.5 Å². The van der Waals surface area contributed by atoms with Gasteiger partial charge >= 0.3 is 0 Å². The molecule has 2 aliphatic heterocycles. The van der Waals surface area contributed by atoms with Crippen molar-refractivity contribution in [3.05, 3.63) is 94.5 Å². The molecule has 0 amide bonds. The van der Waals surface area contributed by atoms with Crippen LogP contribution in [0.4, 0.5) is 0 Å². The number of hydrogen-bond donors (Lipinski definition) is 2. The normalized spacial score (nSPS) is 12.0. The smallest absolute Gasteiger partial charge is 0.187 e. The predicted molar refractivity (Wildman–Crippen MR) is 139 cm³/mol. The lowest BCUT2D eigenvalue weighted by atomic mass is 10.1. The van der Waals surface area contributed by atoms with Crippen LogP contribution in [0, 0.1) is 0 Å². The number of aromatic nitrogens is 4. The second kappa shape index (κ2) is 8.29. The summed E-state index contributed by atoms with van der Waals surface area (Å²) < 4.78 is 0. The van der Waals surface area contributed by atoms with Crippen LogP contribution in [0.1, 0.15) is 22.8 Å². The molecule has 0 fully saturated rings. The molecule has 5 heterocycles. The van der Waals surface area contributed by atoms with E-state index in [-0.39, 0.29) is 17.4 Å². The monoisotopic (exact) mass is 450 g/mol. The molecule has 6 rings (SSSR count). The van der Waals surface area contributed by atoms with Crippen LogP contribution in [0.15, 0.2) is 66.7 Å². The minimum absolute atomic E-state index is 0. The molecule has 6 heteroatoms. The quantitative estimate of drug-likeness (QED) is 0.311. The van der Waals surface area contributed by atoms with Gasteiger partial charge in [-0.15, -0.1) is 0 Å². The summed E-state index contributed by atoms with van der Waals surface area (Å²) in [6.07, 6.45) is 8.10. The maximum atomic E-state index is 6.10. The van der Waals surface area contributed by atoms with E-state index in [1.165, 1.54) is 0 Å². The maximum absolute atomic E-state index is 6.10. The zero-order chi connectivity index (χ0) is 20.8. The highest BCUT2D eigenvalue weighted by molar-refractivity contribution is 6.30. The molecule has 8 bridgehead atoms. The Morgan fingerprint density at radius 1 is 0.562 bits per heavy atom. The van der Waals surface area contributed by atoms with E-state index < -0.39 is 0 Å². The number of nitrogens with one attached hydrogen (secondary N) is 2. The van der Waals surface area contributed by atoms with Crippen LogP contribution in [0.2, 0.25) is 5.02 Å². The van der Waals surface area contributed by atoms with Crippen LogP contribution in [-0.2, 0) is 0 Å². The Labute approximate surface area is 200 Å². The lowest BCUT2D eigenvalue weighted by Gasteiger charge is -1.99. The third kappa shape index (κ3) is 4.07. The van der Waals surface area contributed by atoms with Crippen molar-refractivity contribution in [3.8, 4) is 11.1 Å². The molecule has 4 nitrogen and oxygen atoms in total. The summed E-state index contributed by atoms with van der Waals surface area (Å²) in [5.41, 5.74) is 9.79. The first-order chi connectivity index (χ1) is 15.2. The summed E-state index contributed by atoms with van der Waals surface area (Å²) in [7, 11) is 0. The van der Waals surface area contributed by atoms with Crippen LogP contribution in [0.3, 0.4) is 0 Å². The van der Waals surface area contributed by atoms with Crippen molar-refractivity contribution in [3.63, 3.8) is 0 Å². The van der Waals surface area contributed by atoms with E-state index in [0.29, 0.717) is 0 Å². The van der Waals surface area contributed by atoms with E-state index >= 15 is 0 Å². The predicted octanol–water partition coefficient (Wildman–Crippen LogP) is 5.79. The van der Waals surface area contributed by atoms with E-state index in [1.807, 2.05) is 72.8 Å². The van der Waals surface area contributed by atoms with Gasteiger partial charge in [-0.2, -0.15) is 0 Å². The number of aromatic amines is 2. The second-order valence-corrected chi connectivity index (χ2v) is 8.03. The van der Waals surface area contributed by atoms with Crippen LogP contribution >= 0.6 is 11.6 Å². The Morgan fingerprint density at radius 2 is 1.09 bits per heavy atom. The number of hydrogen-bond acceptors (Lipinski definition) is 2. The molecule has 2 aliphatic rings. The summed E-state index contributed by atoms with van der Waals surface area (Å²) in [4.78, 5) is 16.4. The SMILES string of the molecule is Clc1ccc(-c2cc3cc4nc(cc5ccc(cc6nc(cc2[nH]3)C=C6)[nH]5)C=C4)cc1.[AlH3]. The largest absolute Gasteiger partial charge is 0.355 e. The van der Waals surface area contributed by atoms with Crippen LogP contribution < -0.4 is 0 Å². The van der Waals surface area contributed by atoms with Crippen molar-refractivity contribution in [1.82, 2.24) is 19.9 Å². The topological polar surface area (TPSA) is 57.4 Å². The minimum Gasteiger partial charge on any atom is -0.355 e. The summed E-state index contributed by atoms with van der Waals surface area (Å²) in [5.74, 6) is 0. The Hall–Kier alpha value is -3.36. The molecule has 0 atom stereocenters. The van der Waals surface area contributed by atoms with Gasteiger partial charge in [0.05, 0.1) is 22.8 Å². The molecule has 154 valence electrons. The van der Waals surface area contributed by atoms with E-state index in [4.69, 9.17) is 21.6 Å². The molecule has 0 radical (unpaired) electrons. The lowest BCUT2D eigenvalue weighted by Crippen LogP contribution is -1.77. The highest BCUT2D eigenvalue weighted by Gasteiger charge is 2.07. The van der Waals surface area contributed by atoms with E-state index in [9.17, 15) is 0 Å². The molecule has 0 spiro atoms. The van der Waals surface area contributed by atoms with Gasteiger partial charge in [-0.1, -0.05) is 23.7 Å². The van der Waals surface area contributed by atoms with Gasteiger partial charge in [0.15, 0.2) is 17.4 Å². The number of H-pyrrole nitrogens is 2. The van der Waals surface area contributed by atoms with Gasteiger partial charge in [0.1, 0.15) is 0 Å². The first-order valence-corrected chi connectivity index (χ1v) is 10.4. The summed E-state index contributed by atoms with van der Waals surface area (Å²) in [6, 6.07) is 22.3. The van der Waals surface area contributed by atoms with Gasteiger partial charge < -0.3 is 9.97 Å². The van der Waals surface area contributed by atoms with Crippen molar-refractivity contribution in [2.75, 3.05) is 0 Å². The third-order valence-electron chi connectivity index (χ3n) is 5.32. The average molecular weight is 451 g/mol. The van der Waals surface area contributed by atoms with Crippen LogP contribution in [-0.4, -0.2) is 37.3 Å². The third-order valence-corrected chi connectivity index (χ3v) is 5.58. The molecule has 0 unspecified atom stereocenters. The van der Waals surface area contributed by atoms with Crippen LogP contribution in [0.5, 0.6) is 0 Å². The Kier molecular flexibility index (Phi) is 5.32. The zero-order valence-electron chi connectivity index (χ0n) is 16.4. The molecular weight excluding hydrogens is 431 g/mol. The molecule has 1 aromatic carbocycles. The van der Waals surface area contributed by atoms with E-state index in [0.717, 1.165) is 61.0 Å². The van der Waals surface area contributed by atoms with Gasteiger partial charge in [-0.25, -0.2) is 9.97 Å². The van der Waals surface area contributed by atoms with Crippen LogP contribution in [0.25, 0.3) is 57.5 Å². The fourth-order valence-electron chi connectivity index (χ4n) is 3.89. The Balaban J connectivity index is 0.00000216. The molecule has 2 N–H and O–H groups in total. The fourth-order valence-corrected chi connectivity index (χ4v) is 4.01. The lowest BCUT2D eigenvalue weighted by molar-refractivity contribution is 1.31. The molecule has 4 aromatic rings. The van der Waals surface area contributed by atoms with Crippen molar-refractivity contribution >= 4 is 75.3 Å². The average Bonchev–Trinajstić information content (AvgIpc) is 3.54. The van der Waals surface area contributed by atoms with Crippen molar-refractivity contribution in [1.29, 1.82) is 0 Å². The van der Waals surface area contributed by atoms with Gasteiger partial charge in [0, 0.05) is 32.7 Å². The highest BCUT2D eigenvalue weighted by atomic mass is 35.5. The number of fused-ring (bicyclic) bond motifs is 8. The molecule has 32 heavy (non-hydrogen) atoms. The van der Waals surface area contributed by atoms with Crippen molar-refractivity contribution in [2.45, 2.75) is 0 Å². The standard InChI is InChI=1S/C26H17ClN4.Al.3H/c27-17-3-1-16(2-4-17)25-14-24-13-22-8-7-20(29-22)11-18-5-6-19(28-18)12-21-9-10-23(30-21)15-26(25)31-24;;;;/h1-15,28,31H;;;;. The number of rotatable bonds is 1. The first-order valence-electron chi connectivity index (χ1n) is 10.0. The maximum Gasteiger partial charge on any atom is 0.187 e. The molecule has 0 saturated heterocycles. The molecule has 3 aromatic heterocycles. The minimum atomic E-state index is 0. The van der Waals surface area contributed by atoms with Crippen molar-refractivity contribution in [2.24, 2.45) is 0 Å². The molecule has 0 saturated carbocycles. The fraction of sp³-hybridized carbons (Fsp3) is 0. The second-order valence-electron chi connectivity index (χ2n) is 7.60.